The zero-order valence-electron chi connectivity index (χ0n) is 28.0. The summed E-state index contributed by atoms with van der Waals surface area (Å²) in [5.41, 5.74) is 0. The van der Waals surface area contributed by atoms with Gasteiger partial charge in [0.2, 0.25) is 5.91 Å². The number of likely N-dealkylation sites (N-methyl/N-ethyl adjacent to an activating group) is 1. The summed E-state index contributed by atoms with van der Waals surface area (Å²) >= 11 is 0. The molecule has 0 spiro atoms. The van der Waals surface area contributed by atoms with Crippen molar-refractivity contribution in [3.05, 3.63) is 12.2 Å². The third-order valence-corrected chi connectivity index (χ3v) is 8.50. The SMILES string of the molecule is CCCC/C=C\CCCCCCC(=O)NC(COP(=O)(O)OCC[N+](C)(C)C)C(O)CCCCCCCCCCCC. The van der Waals surface area contributed by atoms with Gasteiger partial charge >= 0.3 is 7.82 Å². The third-order valence-electron chi connectivity index (χ3n) is 7.51. The fraction of sp³-hybridized carbons (Fsp3) is 0.909. The molecule has 0 aromatic rings. The van der Waals surface area contributed by atoms with E-state index in [1.165, 1.54) is 57.8 Å². The standard InChI is InChI=1S/C33H67N2O6P/c1-6-8-10-12-14-16-18-20-22-24-26-32(36)31(30-41-42(38,39)40-29-28-35(3,4)5)34-33(37)27-25-23-21-19-17-15-13-11-9-7-2/h13,15,31-32,36H,6-12,14,16-30H2,1-5H3,(H-,34,37,38,39)/p+1/b15-13-. The van der Waals surface area contributed by atoms with Crippen molar-refractivity contribution in [2.24, 2.45) is 0 Å². The Bertz CT molecular complexity index is 713. The van der Waals surface area contributed by atoms with Crippen LogP contribution < -0.4 is 5.32 Å². The van der Waals surface area contributed by atoms with Crippen molar-refractivity contribution in [1.82, 2.24) is 5.32 Å². The molecule has 0 saturated heterocycles. The Balaban J connectivity index is 4.57. The first-order chi connectivity index (χ1) is 20.0. The van der Waals surface area contributed by atoms with Gasteiger partial charge in [-0.15, -0.1) is 0 Å². The fourth-order valence-corrected chi connectivity index (χ4v) is 5.41. The first kappa shape index (κ1) is 41.2. The van der Waals surface area contributed by atoms with Gasteiger partial charge in [0, 0.05) is 6.42 Å². The number of phosphoric ester groups is 1. The van der Waals surface area contributed by atoms with E-state index in [2.05, 4.69) is 31.3 Å². The highest BCUT2D eigenvalue weighted by molar-refractivity contribution is 7.47. The Kier molecular flexibility index (Phi) is 26.1. The largest absolute Gasteiger partial charge is 0.472 e. The summed E-state index contributed by atoms with van der Waals surface area (Å²) in [6, 6.07) is -0.758. The number of phosphoric acid groups is 1. The molecule has 0 aromatic carbocycles. The third kappa shape index (κ3) is 28.0. The second-order valence-electron chi connectivity index (χ2n) is 12.9. The number of rotatable bonds is 30. The summed E-state index contributed by atoms with van der Waals surface area (Å²) in [5.74, 6) is -0.163. The normalized spacial score (nSPS) is 15.1. The molecule has 42 heavy (non-hydrogen) atoms. The second-order valence-corrected chi connectivity index (χ2v) is 14.3. The van der Waals surface area contributed by atoms with Crippen molar-refractivity contribution < 1.29 is 32.9 Å². The van der Waals surface area contributed by atoms with E-state index in [0.29, 0.717) is 23.9 Å². The first-order valence-electron chi connectivity index (χ1n) is 17.1. The lowest BCUT2D eigenvalue weighted by atomic mass is 10.0. The van der Waals surface area contributed by atoms with E-state index in [1.54, 1.807) is 0 Å². The van der Waals surface area contributed by atoms with Crippen LogP contribution in [0.2, 0.25) is 0 Å². The molecule has 0 heterocycles. The monoisotopic (exact) mass is 619 g/mol. The van der Waals surface area contributed by atoms with Crippen LogP contribution in [0.5, 0.6) is 0 Å². The van der Waals surface area contributed by atoms with Crippen LogP contribution in [0.1, 0.15) is 142 Å². The lowest BCUT2D eigenvalue weighted by Gasteiger charge is -2.26. The maximum absolute atomic E-state index is 12.7. The maximum Gasteiger partial charge on any atom is 0.472 e. The number of aliphatic hydroxyl groups is 1. The molecule has 250 valence electrons. The highest BCUT2D eigenvalue weighted by atomic mass is 31.2. The predicted molar refractivity (Wildman–Crippen MR) is 175 cm³/mol. The molecule has 0 aliphatic rings. The molecule has 0 rings (SSSR count). The average molecular weight is 620 g/mol. The van der Waals surface area contributed by atoms with Crippen molar-refractivity contribution >= 4 is 13.7 Å². The number of aliphatic hydroxyl groups excluding tert-OH is 1. The summed E-state index contributed by atoms with van der Waals surface area (Å²) in [6.45, 7) is 4.78. The van der Waals surface area contributed by atoms with Crippen molar-refractivity contribution in [3.63, 3.8) is 0 Å². The molecular weight excluding hydrogens is 551 g/mol. The Morgan fingerprint density at radius 1 is 0.786 bits per heavy atom. The minimum Gasteiger partial charge on any atom is -0.391 e. The summed E-state index contributed by atoms with van der Waals surface area (Å²) < 4.78 is 23.4. The highest BCUT2D eigenvalue weighted by Crippen LogP contribution is 2.43. The van der Waals surface area contributed by atoms with Crippen LogP contribution in [0.15, 0.2) is 12.2 Å². The van der Waals surface area contributed by atoms with Gasteiger partial charge in [-0.2, -0.15) is 0 Å². The number of nitrogens with zero attached hydrogens (tertiary/aromatic N) is 1. The second kappa shape index (κ2) is 26.6. The number of nitrogens with one attached hydrogen (secondary N) is 1. The van der Waals surface area contributed by atoms with Crippen LogP contribution in [-0.4, -0.2) is 73.4 Å². The molecule has 3 unspecified atom stereocenters. The van der Waals surface area contributed by atoms with Gasteiger partial charge in [-0.05, 0) is 32.1 Å². The van der Waals surface area contributed by atoms with Crippen LogP contribution in [-0.2, 0) is 18.4 Å². The molecule has 0 saturated carbocycles. The van der Waals surface area contributed by atoms with E-state index in [1.807, 2.05) is 21.1 Å². The number of carbonyl (C=O) groups excluding carboxylic acids is 1. The minimum absolute atomic E-state index is 0.0734. The molecule has 0 aliphatic heterocycles. The van der Waals surface area contributed by atoms with Crippen LogP contribution in [0.25, 0.3) is 0 Å². The molecule has 1 amide bonds. The topological polar surface area (TPSA) is 105 Å². The molecule has 0 aliphatic carbocycles. The quantitative estimate of drug-likeness (QED) is 0.0325. The van der Waals surface area contributed by atoms with E-state index in [9.17, 15) is 19.4 Å². The smallest absolute Gasteiger partial charge is 0.391 e. The van der Waals surface area contributed by atoms with Gasteiger partial charge in [0.25, 0.3) is 0 Å². The van der Waals surface area contributed by atoms with E-state index in [4.69, 9.17) is 9.05 Å². The molecule has 3 N–H and O–H groups in total. The van der Waals surface area contributed by atoms with Crippen LogP contribution in [0, 0.1) is 0 Å². The van der Waals surface area contributed by atoms with Crippen molar-refractivity contribution in [3.8, 4) is 0 Å². The fourth-order valence-electron chi connectivity index (χ4n) is 4.67. The number of unbranched alkanes of at least 4 members (excludes halogenated alkanes) is 15. The number of hydrogen-bond donors (Lipinski definition) is 3. The molecule has 0 aromatic heterocycles. The van der Waals surface area contributed by atoms with Gasteiger partial charge in [0.05, 0.1) is 39.9 Å². The van der Waals surface area contributed by atoms with Crippen molar-refractivity contribution in [1.29, 1.82) is 0 Å². The zero-order valence-corrected chi connectivity index (χ0v) is 28.9. The number of allylic oxidation sites excluding steroid dienone is 2. The number of hydrogen-bond acceptors (Lipinski definition) is 5. The summed E-state index contributed by atoms with van der Waals surface area (Å²) in [4.78, 5) is 22.8. The maximum atomic E-state index is 12.7. The summed E-state index contributed by atoms with van der Waals surface area (Å²) in [6.07, 6.45) is 25.2. The van der Waals surface area contributed by atoms with Gasteiger partial charge < -0.3 is 19.8 Å². The van der Waals surface area contributed by atoms with E-state index in [-0.39, 0.29) is 19.1 Å². The van der Waals surface area contributed by atoms with E-state index in [0.717, 1.165) is 57.8 Å². The molecule has 8 nitrogen and oxygen atoms in total. The van der Waals surface area contributed by atoms with Gasteiger partial charge in [-0.1, -0.05) is 116 Å². The van der Waals surface area contributed by atoms with Crippen molar-refractivity contribution in [2.75, 3.05) is 40.9 Å². The van der Waals surface area contributed by atoms with Gasteiger partial charge in [-0.25, -0.2) is 4.57 Å². The Morgan fingerprint density at radius 3 is 1.90 bits per heavy atom. The number of carbonyl (C=O) groups is 1. The average Bonchev–Trinajstić information content (AvgIpc) is 2.92. The zero-order chi connectivity index (χ0) is 31.5. The Morgan fingerprint density at radius 2 is 1.31 bits per heavy atom. The Labute approximate surface area is 259 Å². The Hall–Kier alpha value is -0.760. The van der Waals surface area contributed by atoms with Gasteiger partial charge in [-0.3, -0.25) is 13.8 Å². The predicted octanol–water partition coefficient (Wildman–Crippen LogP) is 8.07. The molecule has 3 atom stereocenters. The lowest BCUT2D eigenvalue weighted by molar-refractivity contribution is -0.870. The van der Waals surface area contributed by atoms with E-state index >= 15 is 0 Å². The van der Waals surface area contributed by atoms with E-state index < -0.39 is 20.0 Å². The van der Waals surface area contributed by atoms with Gasteiger partial charge in [0.15, 0.2) is 0 Å². The van der Waals surface area contributed by atoms with Crippen molar-refractivity contribution in [2.45, 2.75) is 154 Å². The van der Waals surface area contributed by atoms with Crippen LogP contribution in [0.3, 0.4) is 0 Å². The van der Waals surface area contributed by atoms with Gasteiger partial charge in [0.1, 0.15) is 13.2 Å². The minimum atomic E-state index is -4.29. The number of quaternary nitrogens is 1. The van der Waals surface area contributed by atoms with Crippen LogP contribution >= 0.6 is 7.82 Å². The first-order valence-corrected chi connectivity index (χ1v) is 18.5. The summed E-state index contributed by atoms with van der Waals surface area (Å²) in [7, 11) is 1.60. The number of amides is 1. The molecule has 0 bridgehead atoms. The molecule has 0 fully saturated rings. The van der Waals surface area contributed by atoms with Crippen LogP contribution in [0.4, 0.5) is 0 Å². The molecule has 0 radical (unpaired) electrons. The molecule has 9 heteroatoms. The summed E-state index contributed by atoms with van der Waals surface area (Å²) in [5, 5.41) is 13.8. The molecular formula is C33H68N2O6P+. The highest BCUT2D eigenvalue weighted by Gasteiger charge is 2.28. The lowest BCUT2D eigenvalue weighted by Crippen LogP contribution is -2.46.